The molecule has 1 heterocycles. The topological polar surface area (TPSA) is 60.9 Å². The molecule has 1 aromatic rings. The van der Waals surface area contributed by atoms with Crippen LogP contribution in [0, 0.1) is 6.92 Å². The molecule has 0 fully saturated rings. The van der Waals surface area contributed by atoms with E-state index in [2.05, 4.69) is 5.10 Å². The van der Waals surface area contributed by atoms with Crippen LogP contribution in [0.5, 0.6) is 0 Å². The van der Waals surface area contributed by atoms with E-state index >= 15 is 0 Å². The number of carbonyl (C=O) groups is 1. The van der Waals surface area contributed by atoms with Gasteiger partial charge in [-0.05, 0) is 33.2 Å². The fraction of sp³-hybridized carbons (Fsp3) is 0.692. The molecule has 0 aliphatic rings. The highest BCUT2D eigenvalue weighted by atomic mass is 35.5. The molecule has 0 amide bonds. The van der Waals surface area contributed by atoms with E-state index in [1.54, 1.807) is 0 Å². The molecule has 18 heavy (non-hydrogen) atoms. The number of nitrogens with zero attached hydrogens (tertiary/aromatic N) is 2. The fourth-order valence-electron chi connectivity index (χ4n) is 1.96. The predicted octanol–water partition coefficient (Wildman–Crippen LogP) is 2.50. The lowest BCUT2D eigenvalue weighted by molar-refractivity contribution is -0.118. The molecule has 5 heteroatoms. The van der Waals surface area contributed by atoms with Crippen LogP contribution in [0.2, 0.25) is 5.02 Å². The lowest BCUT2D eigenvalue weighted by atomic mass is 10.1. The largest absolute Gasteiger partial charge is 0.330 e. The zero-order valence-electron chi connectivity index (χ0n) is 11.2. The van der Waals surface area contributed by atoms with E-state index in [-0.39, 0.29) is 5.78 Å². The van der Waals surface area contributed by atoms with Crippen LogP contribution in [0.4, 0.5) is 0 Å². The SMILES string of the molecule is CCn1nc(C)c(Cl)c1CC(=O)CCCCCN. The third-order valence-electron chi connectivity index (χ3n) is 2.98. The van der Waals surface area contributed by atoms with E-state index in [0.29, 0.717) is 24.4 Å². The lowest BCUT2D eigenvalue weighted by Gasteiger charge is -2.05. The number of rotatable bonds is 8. The van der Waals surface area contributed by atoms with Gasteiger partial charge in [0.05, 0.1) is 16.4 Å². The zero-order chi connectivity index (χ0) is 13.5. The lowest BCUT2D eigenvalue weighted by Crippen LogP contribution is -2.10. The van der Waals surface area contributed by atoms with Gasteiger partial charge in [-0.2, -0.15) is 5.10 Å². The van der Waals surface area contributed by atoms with Crippen molar-refractivity contribution in [2.75, 3.05) is 6.54 Å². The average Bonchev–Trinajstić information content (AvgIpc) is 2.62. The van der Waals surface area contributed by atoms with Crippen LogP contribution in [0.15, 0.2) is 0 Å². The number of unbranched alkanes of at least 4 members (excludes halogenated alkanes) is 2. The first-order valence-electron chi connectivity index (χ1n) is 6.53. The minimum atomic E-state index is 0.225. The molecule has 0 radical (unpaired) electrons. The number of aromatic nitrogens is 2. The number of halogens is 1. The Morgan fingerprint density at radius 1 is 1.39 bits per heavy atom. The first-order valence-corrected chi connectivity index (χ1v) is 6.91. The summed E-state index contributed by atoms with van der Waals surface area (Å²) in [6, 6.07) is 0. The van der Waals surface area contributed by atoms with Crippen molar-refractivity contribution in [2.45, 2.75) is 52.5 Å². The van der Waals surface area contributed by atoms with Crippen LogP contribution in [0.3, 0.4) is 0 Å². The Kier molecular flexibility index (Phi) is 6.36. The van der Waals surface area contributed by atoms with E-state index < -0.39 is 0 Å². The van der Waals surface area contributed by atoms with Gasteiger partial charge in [0.1, 0.15) is 5.78 Å². The molecule has 0 aliphatic carbocycles. The number of carbonyl (C=O) groups excluding carboxylic acids is 1. The van der Waals surface area contributed by atoms with Crippen molar-refractivity contribution < 1.29 is 4.79 Å². The molecule has 0 aliphatic heterocycles. The molecule has 0 aromatic carbocycles. The molecule has 4 nitrogen and oxygen atoms in total. The van der Waals surface area contributed by atoms with Crippen molar-refractivity contribution in [2.24, 2.45) is 5.73 Å². The second-order valence-electron chi connectivity index (χ2n) is 4.48. The Morgan fingerprint density at radius 3 is 2.72 bits per heavy atom. The highest BCUT2D eigenvalue weighted by molar-refractivity contribution is 6.32. The van der Waals surface area contributed by atoms with E-state index in [1.807, 2.05) is 18.5 Å². The first-order chi connectivity index (χ1) is 8.60. The van der Waals surface area contributed by atoms with Gasteiger partial charge in [0.25, 0.3) is 0 Å². The molecule has 0 saturated carbocycles. The minimum Gasteiger partial charge on any atom is -0.330 e. The summed E-state index contributed by atoms with van der Waals surface area (Å²) < 4.78 is 1.81. The van der Waals surface area contributed by atoms with Crippen LogP contribution in [0.1, 0.15) is 44.0 Å². The first kappa shape index (κ1) is 15.2. The Bertz CT molecular complexity index is 401. The Labute approximate surface area is 113 Å². The van der Waals surface area contributed by atoms with Gasteiger partial charge in [-0.15, -0.1) is 0 Å². The molecule has 102 valence electrons. The maximum Gasteiger partial charge on any atom is 0.138 e. The van der Waals surface area contributed by atoms with E-state index in [9.17, 15) is 4.79 Å². The maximum atomic E-state index is 11.9. The van der Waals surface area contributed by atoms with Crippen molar-refractivity contribution in [1.29, 1.82) is 0 Å². The van der Waals surface area contributed by atoms with Crippen molar-refractivity contribution in [3.8, 4) is 0 Å². The van der Waals surface area contributed by atoms with Gasteiger partial charge in [0, 0.05) is 19.4 Å². The monoisotopic (exact) mass is 271 g/mol. The van der Waals surface area contributed by atoms with E-state index in [0.717, 1.165) is 37.2 Å². The molecule has 0 unspecified atom stereocenters. The van der Waals surface area contributed by atoms with Gasteiger partial charge < -0.3 is 5.73 Å². The van der Waals surface area contributed by atoms with Gasteiger partial charge in [0.15, 0.2) is 0 Å². The molecule has 0 bridgehead atoms. The van der Waals surface area contributed by atoms with E-state index in [4.69, 9.17) is 17.3 Å². The fourth-order valence-corrected chi connectivity index (χ4v) is 2.16. The number of Topliss-reactive ketones (excluding diaryl/α,β-unsaturated/α-hetero) is 1. The number of nitrogens with two attached hydrogens (primary N) is 1. The molecule has 2 N–H and O–H groups in total. The molecular weight excluding hydrogens is 250 g/mol. The second kappa shape index (κ2) is 7.54. The Hall–Kier alpha value is -0.870. The summed E-state index contributed by atoms with van der Waals surface area (Å²) in [5, 5.41) is 4.94. The van der Waals surface area contributed by atoms with Gasteiger partial charge in [-0.25, -0.2) is 0 Å². The highest BCUT2D eigenvalue weighted by Gasteiger charge is 2.15. The number of hydrogen-bond donors (Lipinski definition) is 1. The average molecular weight is 272 g/mol. The standard InChI is InChI=1S/C13H22ClN3O/c1-3-17-12(13(14)10(2)16-17)9-11(18)7-5-4-6-8-15/h3-9,15H2,1-2H3. The number of ketones is 1. The molecule has 0 saturated heterocycles. The van der Waals surface area contributed by atoms with Crippen molar-refractivity contribution in [3.05, 3.63) is 16.4 Å². The van der Waals surface area contributed by atoms with Crippen molar-refractivity contribution >= 4 is 17.4 Å². The van der Waals surface area contributed by atoms with E-state index in [1.165, 1.54) is 0 Å². The van der Waals surface area contributed by atoms with Crippen molar-refractivity contribution in [3.63, 3.8) is 0 Å². The maximum absolute atomic E-state index is 11.9. The summed E-state index contributed by atoms with van der Waals surface area (Å²) in [7, 11) is 0. The zero-order valence-corrected chi connectivity index (χ0v) is 12.0. The quantitative estimate of drug-likeness (QED) is 0.739. The van der Waals surface area contributed by atoms with Crippen LogP contribution in [0.25, 0.3) is 0 Å². The van der Waals surface area contributed by atoms with Crippen LogP contribution < -0.4 is 5.73 Å². The minimum absolute atomic E-state index is 0.225. The highest BCUT2D eigenvalue weighted by Crippen LogP contribution is 2.21. The van der Waals surface area contributed by atoms with Gasteiger partial charge in [-0.1, -0.05) is 18.0 Å². The summed E-state index contributed by atoms with van der Waals surface area (Å²) >= 11 is 6.17. The van der Waals surface area contributed by atoms with Gasteiger partial charge >= 0.3 is 0 Å². The number of hydrogen-bond acceptors (Lipinski definition) is 3. The van der Waals surface area contributed by atoms with Gasteiger partial charge in [-0.3, -0.25) is 9.48 Å². The summed E-state index contributed by atoms with van der Waals surface area (Å²) in [6.07, 6.45) is 3.90. The molecule has 0 atom stereocenters. The summed E-state index contributed by atoms with van der Waals surface area (Å²) in [6.45, 7) is 5.30. The van der Waals surface area contributed by atoms with Crippen LogP contribution >= 0.6 is 11.6 Å². The van der Waals surface area contributed by atoms with Crippen LogP contribution in [-0.2, 0) is 17.8 Å². The molecule has 1 rings (SSSR count). The summed E-state index contributed by atoms with van der Waals surface area (Å²) in [5.41, 5.74) is 7.06. The van der Waals surface area contributed by atoms with Crippen molar-refractivity contribution in [1.82, 2.24) is 9.78 Å². The smallest absolute Gasteiger partial charge is 0.138 e. The molecular formula is C13H22ClN3O. The molecule has 1 aromatic heterocycles. The second-order valence-corrected chi connectivity index (χ2v) is 4.85. The third-order valence-corrected chi connectivity index (χ3v) is 3.47. The molecule has 0 spiro atoms. The Morgan fingerprint density at radius 2 is 2.11 bits per heavy atom. The third kappa shape index (κ3) is 4.10. The predicted molar refractivity (Wildman–Crippen MR) is 73.9 cm³/mol. The summed E-state index contributed by atoms with van der Waals surface area (Å²) in [5.74, 6) is 0.225. The Balaban J connectivity index is 2.53. The normalized spacial score (nSPS) is 10.9. The van der Waals surface area contributed by atoms with Crippen LogP contribution in [-0.4, -0.2) is 22.1 Å². The summed E-state index contributed by atoms with van der Waals surface area (Å²) in [4.78, 5) is 11.9. The van der Waals surface area contributed by atoms with Gasteiger partial charge in [0.2, 0.25) is 0 Å². The number of aryl methyl sites for hydroxylation is 2.